The summed E-state index contributed by atoms with van der Waals surface area (Å²) in [5.41, 5.74) is 4.31. The van der Waals surface area contributed by atoms with Gasteiger partial charge in [-0.15, -0.1) is 0 Å². The van der Waals surface area contributed by atoms with E-state index in [1.54, 1.807) is 13.8 Å². The van der Waals surface area contributed by atoms with E-state index >= 15 is 0 Å². The molecule has 0 aliphatic carbocycles. The largest absolute Gasteiger partial charge is 0.368 e. The molecular formula is C30H48N10O8. The second-order valence-corrected chi connectivity index (χ2v) is 12.7. The third-order valence-corrected chi connectivity index (χ3v) is 7.74. The van der Waals surface area contributed by atoms with E-state index in [0.29, 0.717) is 18.5 Å². The molecule has 0 saturated carbocycles. The summed E-state index contributed by atoms with van der Waals surface area (Å²) in [7, 11) is 0. The summed E-state index contributed by atoms with van der Waals surface area (Å²) < 4.78 is 0. The summed E-state index contributed by atoms with van der Waals surface area (Å²) in [6.45, 7) is 10.2. The first kappa shape index (κ1) is 39.1. The number of likely N-dealkylation sites (tertiary alicyclic amines) is 1. The molecule has 5 atom stereocenters. The number of imidazole rings is 1. The Bertz CT molecular complexity index is 1360. The highest BCUT2D eigenvalue weighted by molar-refractivity contribution is 5.97. The van der Waals surface area contributed by atoms with E-state index in [1.165, 1.54) is 52.0 Å². The molecule has 18 heteroatoms. The standard InChI is InChI=1S/C30H48N10O8/c1-15(2)23(37-18(5)41)28(47)38-20(11-19-12-32-14-34-19)26(45)35-17(4)25(44)33-13-22(42)40-10-8-9-21(40)27(46)39-30(6,7)29(48)36-16(3)24(31)43/h12,14-17,20-21,23H,8-11,13H2,1-7H3,(H2,31,43)(H,32,34)(H,33,44)(H,35,45)(H,36,48)(H,37,41)(H,38,47)(H,39,46)/t16-,17-,20-,21-,23-/m0/s1. The zero-order valence-electron chi connectivity index (χ0n) is 28.4. The van der Waals surface area contributed by atoms with Gasteiger partial charge in [0.15, 0.2) is 0 Å². The van der Waals surface area contributed by atoms with Crippen LogP contribution >= 0.6 is 0 Å². The summed E-state index contributed by atoms with van der Waals surface area (Å²) in [6.07, 6.45) is 3.74. The van der Waals surface area contributed by atoms with E-state index < -0.39 is 89.6 Å². The van der Waals surface area contributed by atoms with Gasteiger partial charge in [0.25, 0.3) is 0 Å². The predicted octanol–water partition coefficient (Wildman–Crippen LogP) is -2.91. The number of carbonyl (C=O) groups is 8. The lowest BCUT2D eigenvalue weighted by molar-refractivity contribution is -0.141. The maximum absolute atomic E-state index is 13.3. The van der Waals surface area contributed by atoms with E-state index in [4.69, 9.17) is 5.73 Å². The number of hydrogen-bond donors (Lipinski definition) is 8. The van der Waals surface area contributed by atoms with Crippen molar-refractivity contribution in [2.75, 3.05) is 13.1 Å². The highest BCUT2D eigenvalue weighted by Gasteiger charge is 2.39. The zero-order valence-corrected chi connectivity index (χ0v) is 28.4. The first-order valence-electron chi connectivity index (χ1n) is 15.7. The van der Waals surface area contributed by atoms with Crippen LogP contribution in [0.25, 0.3) is 0 Å². The first-order chi connectivity index (χ1) is 22.3. The lowest BCUT2D eigenvalue weighted by Crippen LogP contribution is -2.61. The van der Waals surface area contributed by atoms with Crippen molar-refractivity contribution >= 4 is 47.3 Å². The number of nitrogens with zero attached hydrogens (tertiary/aromatic N) is 2. The molecule has 0 unspecified atom stereocenters. The lowest BCUT2D eigenvalue weighted by atomic mass is 10.0. The number of primary amides is 1. The van der Waals surface area contributed by atoms with Crippen molar-refractivity contribution in [3.8, 4) is 0 Å². The molecule has 1 aliphatic rings. The SMILES string of the molecule is CC(=O)N[C@H](C(=O)N[C@@H](Cc1cnc[nH]1)C(=O)N[C@@H](C)C(=O)NCC(=O)N1CCC[C@H]1C(=O)NC(C)(C)C(=O)N[C@@H](C)C(N)=O)C(C)C. The van der Waals surface area contributed by atoms with Gasteiger partial charge < -0.3 is 47.5 Å². The number of aromatic nitrogens is 2. The number of amides is 8. The minimum atomic E-state index is -1.42. The Balaban J connectivity index is 2.00. The van der Waals surface area contributed by atoms with Crippen molar-refractivity contribution < 1.29 is 38.4 Å². The fourth-order valence-corrected chi connectivity index (χ4v) is 4.87. The number of hydrogen-bond acceptors (Lipinski definition) is 9. The van der Waals surface area contributed by atoms with Crippen molar-refractivity contribution in [2.45, 2.75) is 103 Å². The fraction of sp³-hybridized carbons (Fsp3) is 0.633. The number of H-pyrrole nitrogens is 1. The Kier molecular flexibility index (Phi) is 14.0. The summed E-state index contributed by atoms with van der Waals surface area (Å²) in [6, 6.07) is -5.02. The monoisotopic (exact) mass is 676 g/mol. The van der Waals surface area contributed by atoms with E-state index in [-0.39, 0.29) is 18.9 Å². The highest BCUT2D eigenvalue weighted by Crippen LogP contribution is 2.19. The molecule has 8 amide bonds. The number of carbonyl (C=O) groups excluding carboxylic acids is 8. The van der Waals surface area contributed by atoms with Crippen molar-refractivity contribution in [1.82, 2.24) is 46.8 Å². The quantitative estimate of drug-likeness (QED) is 0.0891. The molecule has 48 heavy (non-hydrogen) atoms. The van der Waals surface area contributed by atoms with Crippen molar-refractivity contribution in [3.05, 3.63) is 18.2 Å². The van der Waals surface area contributed by atoms with Gasteiger partial charge in [-0.2, -0.15) is 0 Å². The molecule has 0 spiro atoms. The second-order valence-electron chi connectivity index (χ2n) is 12.7. The van der Waals surface area contributed by atoms with Crippen LogP contribution < -0.4 is 37.6 Å². The molecule has 1 saturated heterocycles. The van der Waals surface area contributed by atoms with Crippen molar-refractivity contribution in [3.63, 3.8) is 0 Å². The topological polar surface area (TPSA) is 267 Å². The summed E-state index contributed by atoms with van der Waals surface area (Å²) in [4.78, 5) is 109. The number of nitrogens with one attached hydrogen (secondary N) is 7. The van der Waals surface area contributed by atoms with Crippen LogP contribution in [0.3, 0.4) is 0 Å². The number of aromatic amines is 1. The van der Waals surface area contributed by atoms with Crippen LogP contribution in [0.15, 0.2) is 12.5 Å². The van der Waals surface area contributed by atoms with Crippen molar-refractivity contribution in [1.29, 1.82) is 0 Å². The summed E-state index contributed by atoms with van der Waals surface area (Å²) >= 11 is 0. The van der Waals surface area contributed by atoms with E-state index in [9.17, 15) is 38.4 Å². The van der Waals surface area contributed by atoms with Gasteiger partial charge in [-0.25, -0.2) is 4.98 Å². The lowest BCUT2D eigenvalue weighted by Gasteiger charge is -2.30. The Morgan fingerprint density at radius 2 is 1.62 bits per heavy atom. The maximum atomic E-state index is 13.3. The Morgan fingerprint density at radius 3 is 2.19 bits per heavy atom. The molecule has 2 heterocycles. The predicted molar refractivity (Wildman–Crippen MR) is 171 cm³/mol. The van der Waals surface area contributed by atoms with Gasteiger partial charge in [-0.1, -0.05) is 13.8 Å². The van der Waals surface area contributed by atoms with Gasteiger partial charge in [0.2, 0.25) is 47.3 Å². The molecule has 9 N–H and O–H groups in total. The molecule has 0 aromatic carbocycles. The minimum Gasteiger partial charge on any atom is -0.368 e. The van der Waals surface area contributed by atoms with Crippen LogP contribution in [-0.2, 0) is 44.8 Å². The Hall–Kier alpha value is -5.03. The van der Waals surface area contributed by atoms with Gasteiger partial charge >= 0.3 is 0 Å². The molecule has 1 aromatic heterocycles. The molecule has 2 rings (SSSR count). The molecule has 1 aliphatic heterocycles. The van der Waals surface area contributed by atoms with Gasteiger partial charge in [0, 0.05) is 31.8 Å². The molecule has 1 aromatic rings. The van der Waals surface area contributed by atoms with Gasteiger partial charge in [0.05, 0.1) is 12.9 Å². The van der Waals surface area contributed by atoms with Gasteiger partial charge in [-0.05, 0) is 46.5 Å². The smallest absolute Gasteiger partial charge is 0.245 e. The molecule has 266 valence electrons. The zero-order chi connectivity index (χ0) is 36.3. The molecule has 0 radical (unpaired) electrons. The molecular weight excluding hydrogens is 628 g/mol. The fourth-order valence-electron chi connectivity index (χ4n) is 4.87. The average molecular weight is 677 g/mol. The number of nitrogens with two attached hydrogens (primary N) is 1. The Morgan fingerprint density at radius 1 is 0.958 bits per heavy atom. The van der Waals surface area contributed by atoms with Crippen LogP contribution in [0.1, 0.15) is 67.0 Å². The third-order valence-electron chi connectivity index (χ3n) is 7.74. The minimum absolute atomic E-state index is 0.0103. The van der Waals surface area contributed by atoms with Crippen LogP contribution in [0.4, 0.5) is 0 Å². The van der Waals surface area contributed by atoms with Gasteiger partial charge in [0.1, 0.15) is 35.7 Å². The van der Waals surface area contributed by atoms with E-state index in [0.717, 1.165) is 0 Å². The number of rotatable bonds is 16. The maximum Gasteiger partial charge on any atom is 0.245 e. The van der Waals surface area contributed by atoms with E-state index in [2.05, 4.69) is 41.9 Å². The summed E-state index contributed by atoms with van der Waals surface area (Å²) in [5, 5.41) is 15.2. The van der Waals surface area contributed by atoms with Crippen molar-refractivity contribution in [2.24, 2.45) is 11.7 Å². The Labute approximate surface area is 278 Å². The van der Waals surface area contributed by atoms with Crippen LogP contribution in [0, 0.1) is 5.92 Å². The molecule has 0 bridgehead atoms. The first-order valence-corrected chi connectivity index (χ1v) is 15.7. The molecule has 1 fully saturated rings. The van der Waals surface area contributed by atoms with Crippen LogP contribution in [0.2, 0.25) is 0 Å². The highest BCUT2D eigenvalue weighted by atomic mass is 16.2. The second kappa shape index (κ2) is 17.2. The van der Waals surface area contributed by atoms with Gasteiger partial charge in [-0.3, -0.25) is 38.4 Å². The molecule has 18 nitrogen and oxygen atoms in total. The average Bonchev–Trinajstić information content (AvgIpc) is 3.70. The van der Waals surface area contributed by atoms with Crippen LogP contribution in [0.5, 0.6) is 0 Å². The summed E-state index contributed by atoms with van der Waals surface area (Å²) in [5.74, 6) is -5.18. The third kappa shape index (κ3) is 11.3. The van der Waals surface area contributed by atoms with E-state index in [1.807, 2.05) is 0 Å². The normalized spacial score (nSPS) is 16.9. The van der Waals surface area contributed by atoms with Crippen LogP contribution in [-0.4, -0.2) is 111 Å².